The van der Waals surface area contributed by atoms with E-state index in [0.717, 1.165) is 4.47 Å². The summed E-state index contributed by atoms with van der Waals surface area (Å²) in [6.07, 6.45) is 3.09. The first kappa shape index (κ1) is 9.70. The quantitative estimate of drug-likeness (QED) is 0.488. The molecular weight excluding hydrogens is 262 g/mol. The molecule has 2 aromatic rings. The predicted molar refractivity (Wildman–Crippen MR) is 57.3 cm³/mol. The average molecular weight is 266 g/mol. The van der Waals surface area contributed by atoms with E-state index in [1.807, 2.05) is 0 Å². The van der Waals surface area contributed by atoms with Crippen molar-refractivity contribution < 1.29 is 4.79 Å². The highest BCUT2D eigenvalue weighted by molar-refractivity contribution is 9.10. The van der Waals surface area contributed by atoms with Crippen LogP contribution in [0.3, 0.4) is 0 Å². The molecule has 0 aliphatic heterocycles. The van der Waals surface area contributed by atoms with Crippen molar-refractivity contribution in [2.75, 3.05) is 0 Å². The molecule has 0 saturated heterocycles. The number of carbonyl (C=O) groups is 1. The zero-order valence-corrected chi connectivity index (χ0v) is 8.89. The zero-order chi connectivity index (χ0) is 10.8. The molecule has 0 aliphatic carbocycles. The second kappa shape index (κ2) is 3.72. The van der Waals surface area contributed by atoms with Crippen LogP contribution >= 0.6 is 15.9 Å². The molecule has 1 N–H and O–H groups in total. The van der Waals surface area contributed by atoms with E-state index in [-0.39, 0.29) is 0 Å². The van der Waals surface area contributed by atoms with Crippen LogP contribution in [-0.2, 0) is 0 Å². The summed E-state index contributed by atoms with van der Waals surface area (Å²) >= 11 is 3.25. The van der Waals surface area contributed by atoms with E-state index in [2.05, 4.69) is 35.9 Å². The van der Waals surface area contributed by atoms with Gasteiger partial charge in [0.2, 0.25) is 0 Å². The molecule has 74 valence electrons. The third-order valence-electron chi connectivity index (χ3n) is 1.86. The Bertz CT molecular complexity index is 584. The minimum atomic E-state index is -0.622. The van der Waals surface area contributed by atoms with Crippen LogP contribution in [-0.4, -0.2) is 15.9 Å². The van der Waals surface area contributed by atoms with Gasteiger partial charge in [-0.05, 0) is 32.6 Å². The maximum Gasteiger partial charge on any atom is 0.251 e. The molecule has 0 saturated carbocycles. The monoisotopic (exact) mass is 265 g/mol. The largest absolute Gasteiger partial charge is 0.345 e. The fraction of sp³-hybridized carbons (Fsp3) is 0. The van der Waals surface area contributed by atoms with E-state index in [1.54, 1.807) is 12.3 Å². The Morgan fingerprint density at radius 2 is 2.47 bits per heavy atom. The Labute approximate surface area is 92.1 Å². The van der Waals surface area contributed by atoms with Crippen molar-refractivity contribution in [1.82, 2.24) is 9.97 Å². The van der Waals surface area contributed by atoms with Crippen molar-refractivity contribution in [2.24, 2.45) is 5.11 Å². The zero-order valence-electron chi connectivity index (χ0n) is 7.31. The van der Waals surface area contributed by atoms with Gasteiger partial charge in [0.1, 0.15) is 5.65 Å². The lowest BCUT2D eigenvalue weighted by Crippen LogP contribution is -1.90. The number of rotatable bonds is 1. The minimum Gasteiger partial charge on any atom is -0.345 e. The smallest absolute Gasteiger partial charge is 0.251 e. The van der Waals surface area contributed by atoms with Gasteiger partial charge in [-0.25, -0.2) is 4.98 Å². The van der Waals surface area contributed by atoms with Gasteiger partial charge in [-0.15, -0.1) is 0 Å². The topological polar surface area (TPSA) is 94.5 Å². The molecule has 2 aromatic heterocycles. The van der Waals surface area contributed by atoms with E-state index in [0.29, 0.717) is 16.6 Å². The van der Waals surface area contributed by atoms with E-state index in [9.17, 15) is 4.79 Å². The second-order valence-corrected chi connectivity index (χ2v) is 3.66. The van der Waals surface area contributed by atoms with Gasteiger partial charge >= 0.3 is 0 Å². The Kier molecular flexibility index (Phi) is 2.40. The number of nitrogens with one attached hydrogen (secondary N) is 1. The predicted octanol–water partition coefficient (Wildman–Crippen LogP) is 2.78. The number of aromatic nitrogens is 2. The molecule has 0 aromatic carbocycles. The van der Waals surface area contributed by atoms with Gasteiger partial charge in [0.15, 0.2) is 0 Å². The summed E-state index contributed by atoms with van der Waals surface area (Å²) in [7, 11) is 0. The molecule has 0 spiro atoms. The van der Waals surface area contributed by atoms with Gasteiger partial charge in [0.25, 0.3) is 5.91 Å². The summed E-state index contributed by atoms with van der Waals surface area (Å²) in [5.41, 5.74) is 9.06. The Hall–Kier alpha value is -1.85. The van der Waals surface area contributed by atoms with E-state index in [4.69, 9.17) is 5.53 Å². The SMILES string of the molecule is [N-]=[N+]=NC(=O)c1c[nH]c2ncc(Br)cc12. The standard InChI is InChI=1S/C8H4BrN5O/c9-4-1-5-6(8(15)13-14-10)3-12-7(5)11-2-4/h1-3H,(H,11,12). The van der Waals surface area contributed by atoms with Crippen molar-refractivity contribution in [2.45, 2.75) is 0 Å². The van der Waals surface area contributed by atoms with E-state index in [1.165, 1.54) is 6.20 Å². The number of H-pyrrole nitrogens is 1. The summed E-state index contributed by atoms with van der Waals surface area (Å²) in [4.78, 5) is 20.7. The van der Waals surface area contributed by atoms with E-state index >= 15 is 0 Å². The van der Waals surface area contributed by atoms with Crippen LogP contribution in [0.5, 0.6) is 0 Å². The molecule has 6 nitrogen and oxygen atoms in total. The Balaban J connectivity index is 2.66. The Morgan fingerprint density at radius 1 is 1.67 bits per heavy atom. The molecular formula is C8H4BrN5O. The summed E-state index contributed by atoms with van der Waals surface area (Å²) < 4.78 is 0.754. The van der Waals surface area contributed by atoms with Crippen LogP contribution < -0.4 is 0 Å². The molecule has 0 bridgehead atoms. The van der Waals surface area contributed by atoms with Crippen LogP contribution in [0.15, 0.2) is 28.0 Å². The number of nitrogens with zero attached hydrogens (tertiary/aromatic N) is 4. The number of amides is 1. The number of hydrogen-bond donors (Lipinski definition) is 1. The number of carbonyl (C=O) groups excluding carboxylic acids is 1. The van der Waals surface area contributed by atoms with Crippen molar-refractivity contribution >= 4 is 32.9 Å². The highest BCUT2D eigenvalue weighted by atomic mass is 79.9. The molecule has 0 fully saturated rings. The molecule has 7 heteroatoms. The summed E-state index contributed by atoms with van der Waals surface area (Å²) in [6, 6.07) is 1.74. The highest BCUT2D eigenvalue weighted by Gasteiger charge is 2.11. The second-order valence-electron chi connectivity index (χ2n) is 2.75. The lowest BCUT2D eigenvalue weighted by Gasteiger charge is -1.92. The fourth-order valence-corrected chi connectivity index (χ4v) is 1.58. The first-order valence-electron chi connectivity index (χ1n) is 3.94. The van der Waals surface area contributed by atoms with Gasteiger partial charge in [-0.2, -0.15) is 0 Å². The number of halogens is 1. The first-order chi connectivity index (χ1) is 7.22. The number of aromatic amines is 1. The molecule has 0 unspecified atom stereocenters. The van der Waals surface area contributed by atoms with E-state index < -0.39 is 5.91 Å². The lowest BCUT2D eigenvalue weighted by atomic mass is 10.2. The highest BCUT2D eigenvalue weighted by Crippen LogP contribution is 2.21. The fourth-order valence-electron chi connectivity index (χ4n) is 1.25. The van der Waals surface area contributed by atoms with Crippen molar-refractivity contribution in [3.63, 3.8) is 0 Å². The molecule has 0 aliphatic rings. The maximum absolute atomic E-state index is 11.3. The van der Waals surface area contributed by atoms with Crippen molar-refractivity contribution in [1.29, 1.82) is 0 Å². The van der Waals surface area contributed by atoms with Crippen LogP contribution in [0.25, 0.3) is 21.5 Å². The third kappa shape index (κ3) is 1.70. The molecule has 0 radical (unpaired) electrons. The van der Waals surface area contributed by atoms with Crippen LogP contribution in [0, 0.1) is 0 Å². The third-order valence-corrected chi connectivity index (χ3v) is 2.30. The lowest BCUT2D eigenvalue weighted by molar-refractivity contribution is 0.100. The van der Waals surface area contributed by atoms with Crippen molar-refractivity contribution in [3.8, 4) is 0 Å². The van der Waals surface area contributed by atoms with Crippen LogP contribution in [0.1, 0.15) is 10.4 Å². The number of fused-ring (bicyclic) bond motifs is 1. The average Bonchev–Trinajstić information content (AvgIpc) is 2.60. The summed E-state index contributed by atoms with van der Waals surface area (Å²) in [6.45, 7) is 0. The number of pyridine rings is 1. The maximum atomic E-state index is 11.3. The molecule has 1 amide bonds. The summed E-state index contributed by atoms with van der Waals surface area (Å²) in [5.74, 6) is -0.622. The van der Waals surface area contributed by atoms with Crippen LogP contribution in [0.4, 0.5) is 0 Å². The van der Waals surface area contributed by atoms with Gasteiger partial charge < -0.3 is 4.98 Å². The normalized spacial score (nSPS) is 9.93. The number of hydrogen-bond acceptors (Lipinski definition) is 2. The van der Waals surface area contributed by atoms with Crippen LogP contribution in [0.2, 0.25) is 0 Å². The van der Waals surface area contributed by atoms with Crippen molar-refractivity contribution in [3.05, 3.63) is 38.9 Å². The molecule has 15 heavy (non-hydrogen) atoms. The van der Waals surface area contributed by atoms with Gasteiger partial charge in [0.05, 0.1) is 5.56 Å². The number of azide groups is 1. The molecule has 2 rings (SSSR count). The molecule has 0 atom stereocenters. The van der Waals surface area contributed by atoms with Gasteiger partial charge in [-0.3, -0.25) is 4.79 Å². The first-order valence-corrected chi connectivity index (χ1v) is 4.73. The molecule has 2 heterocycles. The Morgan fingerprint density at radius 3 is 3.20 bits per heavy atom. The van der Waals surface area contributed by atoms with Gasteiger partial charge in [-0.1, -0.05) is 0 Å². The summed E-state index contributed by atoms with van der Waals surface area (Å²) in [5, 5.41) is 3.65. The van der Waals surface area contributed by atoms with Gasteiger partial charge in [0, 0.05) is 27.2 Å². The minimum absolute atomic E-state index is 0.316.